The van der Waals surface area contributed by atoms with Gasteiger partial charge in [0.25, 0.3) is 0 Å². The summed E-state index contributed by atoms with van der Waals surface area (Å²) < 4.78 is 45.1. The Morgan fingerprint density at radius 3 is 2.26 bits per heavy atom. The van der Waals surface area contributed by atoms with Gasteiger partial charge in [-0.05, 0) is 93.8 Å². The van der Waals surface area contributed by atoms with Gasteiger partial charge in [-0.3, -0.25) is 28.8 Å². The monoisotopic (exact) mass is 1040 g/mol. The minimum Gasteiger partial charge on any atom is -0.405 e. The summed E-state index contributed by atoms with van der Waals surface area (Å²) in [5.74, 6) is -3.41. The second-order valence-electron chi connectivity index (χ2n) is 21.7. The van der Waals surface area contributed by atoms with E-state index in [1.54, 1.807) is 68.8 Å². The zero-order chi connectivity index (χ0) is 54.8. The molecule has 2 aromatic rings. The number of amides is 6. The number of fused-ring (bicyclic) bond motifs is 2. The Labute approximate surface area is 437 Å². The second kappa shape index (κ2) is 25.9. The number of piperidine rings is 1. The summed E-state index contributed by atoms with van der Waals surface area (Å²) in [6.07, 6.45) is 6.89. The first-order valence-electron chi connectivity index (χ1n) is 26.5. The fourth-order valence-corrected chi connectivity index (χ4v) is 11.0. The predicted molar refractivity (Wildman–Crippen MR) is 282 cm³/mol. The normalized spacial score (nSPS) is 20.9. The highest BCUT2D eigenvalue weighted by Crippen LogP contribution is 2.31. The maximum atomic E-state index is 16.0. The zero-order valence-electron chi connectivity index (χ0n) is 45.8. The van der Waals surface area contributed by atoms with Gasteiger partial charge in [-0.2, -0.15) is 0 Å². The molecule has 17 nitrogen and oxygen atoms in total. The van der Waals surface area contributed by atoms with Crippen LogP contribution in [0.5, 0.6) is 0 Å². The molecule has 1 aromatic carbocycles. The summed E-state index contributed by atoms with van der Waals surface area (Å²) in [4.78, 5) is 86.3. The Balaban J connectivity index is 1.21. The molecule has 1 aromatic heterocycles. The SMILES string of the molecule is CCC(C)C(C(CC(=O)N1CCCCC1C(OC)C(C)C(=O)NC(Cc1ccccc1)C(=O)NCCNC(=O)CCC1C=CC2=Cc3c(C)cc(C)n3[B-](F)(F)[NH+]21)OC)N(C)C(=O)C(NC(=O)C(C)(C)N)C(C)C. The molecule has 20 heteroatoms. The van der Waals surface area contributed by atoms with E-state index in [1.165, 1.54) is 14.2 Å². The van der Waals surface area contributed by atoms with Gasteiger partial charge >= 0.3 is 6.97 Å². The number of nitrogens with one attached hydrogen (secondary N) is 5. The van der Waals surface area contributed by atoms with Crippen LogP contribution in [0.25, 0.3) is 6.08 Å². The summed E-state index contributed by atoms with van der Waals surface area (Å²) >= 11 is 0. The maximum absolute atomic E-state index is 16.0. The molecule has 1 fully saturated rings. The molecule has 6 amide bonds. The van der Waals surface area contributed by atoms with Crippen LogP contribution in [0.1, 0.15) is 116 Å². The van der Waals surface area contributed by atoms with Gasteiger partial charge in [0.15, 0.2) is 0 Å². The van der Waals surface area contributed by atoms with Gasteiger partial charge in [-0.15, -0.1) is 0 Å². The van der Waals surface area contributed by atoms with Gasteiger partial charge in [0.05, 0.1) is 53.9 Å². The number of allylic oxidation sites excluding steroid dienone is 1. The van der Waals surface area contributed by atoms with Crippen LogP contribution in [0.3, 0.4) is 0 Å². The number of halogens is 2. The smallest absolute Gasteiger partial charge is 0.405 e. The number of quaternary nitrogens is 1. The van der Waals surface area contributed by atoms with E-state index < -0.39 is 78.6 Å². The van der Waals surface area contributed by atoms with Crippen LogP contribution in [0, 0.1) is 31.6 Å². The van der Waals surface area contributed by atoms with E-state index in [0.717, 1.165) is 28.4 Å². The lowest BCUT2D eigenvalue weighted by Gasteiger charge is -2.43. The summed E-state index contributed by atoms with van der Waals surface area (Å²) in [6, 6.07) is 7.53. The Kier molecular flexibility index (Phi) is 20.8. The Hall–Kier alpha value is -5.44. The molecule has 1 saturated heterocycles. The number of rotatable bonds is 25. The quantitative estimate of drug-likeness (QED) is 0.0635. The maximum Gasteiger partial charge on any atom is 0.664 e. The van der Waals surface area contributed by atoms with Crippen molar-refractivity contribution in [3.05, 3.63) is 76.8 Å². The lowest BCUT2D eigenvalue weighted by molar-refractivity contribution is -0.783. The van der Waals surface area contributed by atoms with Gasteiger partial charge in [0.2, 0.25) is 35.4 Å². The highest BCUT2D eigenvalue weighted by atomic mass is 19.2. The average molecular weight is 1040 g/mol. The number of nitrogens with two attached hydrogens (primary N) is 1. The van der Waals surface area contributed by atoms with E-state index in [2.05, 4.69) is 21.3 Å². The minimum atomic E-state index is -4.03. The van der Waals surface area contributed by atoms with Gasteiger partial charge in [-0.1, -0.05) is 71.4 Å². The second-order valence-corrected chi connectivity index (χ2v) is 21.7. The molecule has 0 spiro atoms. The first-order valence-corrected chi connectivity index (χ1v) is 26.5. The molecule has 3 aliphatic rings. The van der Waals surface area contributed by atoms with Crippen molar-refractivity contribution in [3.63, 3.8) is 0 Å². The number of carbonyl (C=O) groups is 6. The summed E-state index contributed by atoms with van der Waals surface area (Å²) in [5, 5.41) is 11.4. The fraction of sp³-hybridized carbons (Fsp3) is 0.630. The Bertz CT molecular complexity index is 2360. The van der Waals surface area contributed by atoms with Crippen molar-refractivity contribution in [2.75, 3.05) is 40.9 Å². The number of aromatic nitrogens is 1. The number of nitrogens with zero attached hydrogens (tertiary/aromatic N) is 3. The average Bonchev–Trinajstić information content (AvgIpc) is 3.92. The van der Waals surface area contributed by atoms with Crippen LogP contribution in [-0.2, 0) is 44.7 Å². The van der Waals surface area contributed by atoms with Crippen LogP contribution in [0.2, 0.25) is 0 Å². The number of carbonyl (C=O) groups excluding carboxylic acids is 6. The molecule has 5 rings (SSSR count). The predicted octanol–water partition coefficient (Wildman–Crippen LogP) is 3.43. The van der Waals surface area contributed by atoms with Gasteiger partial charge in [0, 0.05) is 71.9 Å². The van der Waals surface area contributed by atoms with E-state index in [-0.39, 0.29) is 73.1 Å². The molecule has 0 saturated carbocycles. The van der Waals surface area contributed by atoms with Crippen molar-refractivity contribution in [2.24, 2.45) is 23.5 Å². The van der Waals surface area contributed by atoms with E-state index in [1.807, 2.05) is 65.0 Å². The van der Waals surface area contributed by atoms with Crippen LogP contribution in [-0.4, -0.2) is 146 Å². The summed E-state index contributed by atoms with van der Waals surface area (Å²) in [7, 11) is 4.70. The molecule has 4 heterocycles. The summed E-state index contributed by atoms with van der Waals surface area (Å²) in [6.45, 7) is 12.6. The minimum absolute atomic E-state index is 0.0111. The topological polar surface area (TPSA) is 211 Å². The number of benzene rings is 1. The molecule has 0 aliphatic carbocycles. The summed E-state index contributed by atoms with van der Waals surface area (Å²) in [5.41, 5.74) is 7.97. The number of ether oxygens (including phenoxy) is 2. The lowest BCUT2D eigenvalue weighted by atomic mass is 9.86. The van der Waals surface area contributed by atoms with Gasteiger partial charge in [-0.25, -0.2) is 0 Å². The molecule has 10 atom stereocenters. The van der Waals surface area contributed by atoms with E-state index >= 15 is 8.63 Å². The van der Waals surface area contributed by atoms with Crippen LogP contribution < -0.4 is 31.8 Å². The molecule has 74 heavy (non-hydrogen) atoms. The molecule has 10 unspecified atom stereocenters. The zero-order valence-corrected chi connectivity index (χ0v) is 45.8. The van der Waals surface area contributed by atoms with E-state index in [4.69, 9.17) is 15.2 Å². The number of hydrogen-bond donors (Lipinski definition) is 6. The number of likely N-dealkylation sites (N-methyl/N-ethyl adjacent to an activating group) is 1. The van der Waals surface area contributed by atoms with Crippen LogP contribution in [0.4, 0.5) is 8.63 Å². The van der Waals surface area contributed by atoms with Crippen molar-refractivity contribution >= 4 is 48.5 Å². The van der Waals surface area contributed by atoms with Crippen molar-refractivity contribution in [1.29, 1.82) is 0 Å². The van der Waals surface area contributed by atoms with Crippen molar-refractivity contribution in [1.82, 2.24) is 35.5 Å². The van der Waals surface area contributed by atoms with Crippen molar-refractivity contribution in [3.8, 4) is 0 Å². The Morgan fingerprint density at radius 2 is 1.64 bits per heavy atom. The number of aryl methyl sites for hydroxylation is 2. The third kappa shape index (κ3) is 14.1. The highest BCUT2D eigenvalue weighted by Gasteiger charge is 2.53. The first kappa shape index (κ1) is 59.4. The third-order valence-electron chi connectivity index (χ3n) is 15.4. The van der Waals surface area contributed by atoms with Crippen LogP contribution in [0.15, 0.2) is 54.2 Å². The number of hydrogen-bond acceptors (Lipinski definition) is 9. The molecular weight excluding hydrogens is 951 g/mol. The highest BCUT2D eigenvalue weighted by molar-refractivity contribution is 6.56. The molecule has 0 radical (unpaired) electrons. The molecule has 7 N–H and O–H groups in total. The number of methoxy groups -OCH3 is 2. The van der Waals surface area contributed by atoms with Crippen molar-refractivity contribution in [2.45, 2.75) is 162 Å². The van der Waals surface area contributed by atoms with Gasteiger partial charge < -0.3 is 64.2 Å². The molecule has 3 aliphatic heterocycles. The first-order chi connectivity index (χ1) is 34.9. The Morgan fingerprint density at radius 1 is 0.959 bits per heavy atom. The van der Waals surface area contributed by atoms with E-state index in [0.29, 0.717) is 36.5 Å². The largest absolute Gasteiger partial charge is 0.664 e. The van der Waals surface area contributed by atoms with Crippen LogP contribution >= 0.6 is 0 Å². The molecule has 0 bridgehead atoms. The van der Waals surface area contributed by atoms with Gasteiger partial charge in [0.1, 0.15) is 12.1 Å². The standard InChI is InChI=1S/C54H84BF2N9O8/c1-13-34(4)48(63(10)52(71)47(33(2)3)62-53(72)54(8,9)58)44(73-11)32-46(68)64-28-18-17-21-42(64)49(74-12)37(7)50(69)61-41(30-38-19-15-14-16-20-38)51(70)60-27-26-59-45(67)25-24-39-22-23-40-31-43-35(5)29-36(6)65(43)55(56,57)66(39)40/h14-16,19-20,22-23,29,31,33-34,37,39,41-42,44,47-49,66H,13,17-18,21,24-28,30,32,58H2,1-12H3,(H,59,67)(H,60,70)(H,61,69)(H,62,72). The number of likely N-dealkylation sites (tertiary alicyclic amines) is 1. The van der Waals surface area contributed by atoms with Crippen molar-refractivity contribution < 1.29 is 51.7 Å². The lowest BCUT2D eigenvalue weighted by Crippen LogP contribution is -3.23. The van der Waals surface area contributed by atoms with E-state index in [9.17, 15) is 28.8 Å². The molecular formula is C54H84BF2N9O8. The fourth-order valence-electron chi connectivity index (χ4n) is 11.0. The third-order valence-corrected chi connectivity index (χ3v) is 15.4. The molecule has 410 valence electrons.